The molecule has 4 nitrogen and oxygen atoms in total. The second-order valence-corrected chi connectivity index (χ2v) is 5.45. The summed E-state index contributed by atoms with van der Waals surface area (Å²) in [5.41, 5.74) is 6.87. The third kappa shape index (κ3) is 4.75. The van der Waals surface area contributed by atoms with Crippen molar-refractivity contribution in [2.75, 3.05) is 6.61 Å². The summed E-state index contributed by atoms with van der Waals surface area (Å²) < 4.78 is 5.52. The van der Waals surface area contributed by atoms with E-state index in [1.807, 2.05) is 24.3 Å². The zero-order valence-electron chi connectivity index (χ0n) is 11.1. The van der Waals surface area contributed by atoms with Crippen molar-refractivity contribution in [3.05, 3.63) is 29.8 Å². The number of aliphatic carboxylic acids is 1. The molecule has 0 aliphatic rings. The van der Waals surface area contributed by atoms with Gasteiger partial charge in [0.2, 0.25) is 0 Å². The van der Waals surface area contributed by atoms with E-state index >= 15 is 0 Å². The van der Waals surface area contributed by atoms with Crippen molar-refractivity contribution in [3.63, 3.8) is 0 Å². The van der Waals surface area contributed by atoms with E-state index in [9.17, 15) is 4.79 Å². The quantitative estimate of drug-likeness (QED) is 0.841. The van der Waals surface area contributed by atoms with Gasteiger partial charge in [0.1, 0.15) is 12.4 Å². The van der Waals surface area contributed by atoms with Crippen LogP contribution >= 0.6 is 0 Å². The first-order valence-corrected chi connectivity index (χ1v) is 6.00. The summed E-state index contributed by atoms with van der Waals surface area (Å²) in [6.45, 7) is 6.59. The number of nitrogens with two attached hydrogens (primary N) is 1. The summed E-state index contributed by atoms with van der Waals surface area (Å²) in [7, 11) is 0. The molecule has 0 radical (unpaired) electrons. The normalized spacial score (nSPS) is 13.1. The van der Waals surface area contributed by atoms with Crippen LogP contribution in [0.4, 0.5) is 0 Å². The molecule has 0 saturated carbocycles. The van der Waals surface area contributed by atoms with Gasteiger partial charge in [0, 0.05) is 6.04 Å². The van der Waals surface area contributed by atoms with Crippen molar-refractivity contribution in [2.24, 2.45) is 5.73 Å². The molecule has 1 aromatic rings. The van der Waals surface area contributed by atoms with Gasteiger partial charge in [-0.25, -0.2) is 0 Å². The highest BCUT2D eigenvalue weighted by molar-refractivity contribution is 5.67. The molecular formula is C14H21NO3. The number of carboxylic acids is 1. The van der Waals surface area contributed by atoms with Gasteiger partial charge in [-0.3, -0.25) is 4.79 Å². The van der Waals surface area contributed by atoms with E-state index in [0.717, 1.165) is 5.75 Å². The number of hydrogen-bond donors (Lipinski definition) is 2. The Morgan fingerprint density at radius 3 is 2.67 bits per heavy atom. The molecule has 1 unspecified atom stereocenters. The van der Waals surface area contributed by atoms with Crippen LogP contribution in [-0.2, 0) is 10.2 Å². The number of rotatable bonds is 5. The molecular weight excluding hydrogens is 230 g/mol. The Bertz CT molecular complexity index is 410. The van der Waals surface area contributed by atoms with Crippen molar-refractivity contribution in [1.29, 1.82) is 0 Å². The van der Waals surface area contributed by atoms with Crippen molar-refractivity contribution in [3.8, 4) is 5.75 Å². The number of benzene rings is 1. The standard InChI is InChI=1S/C14H21NO3/c1-14(2,3)10-5-4-6-12(7-10)18-9-11(15)8-13(16)17/h4-7,11H,8-9,15H2,1-3H3,(H,16,17). The van der Waals surface area contributed by atoms with Crippen molar-refractivity contribution in [2.45, 2.75) is 38.6 Å². The minimum Gasteiger partial charge on any atom is -0.492 e. The minimum atomic E-state index is -0.908. The lowest BCUT2D eigenvalue weighted by molar-refractivity contribution is -0.137. The average molecular weight is 251 g/mol. The first-order valence-electron chi connectivity index (χ1n) is 6.00. The molecule has 4 heteroatoms. The molecule has 0 spiro atoms. The Labute approximate surface area is 108 Å². The van der Waals surface area contributed by atoms with Gasteiger partial charge < -0.3 is 15.6 Å². The lowest BCUT2D eigenvalue weighted by atomic mass is 9.87. The SMILES string of the molecule is CC(C)(C)c1cccc(OCC(N)CC(=O)O)c1. The molecule has 100 valence electrons. The molecule has 3 N–H and O–H groups in total. The minimum absolute atomic E-state index is 0.0581. The van der Waals surface area contributed by atoms with Crippen molar-refractivity contribution >= 4 is 5.97 Å². The van der Waals surface area contributed by atoms with E-state index in [1.165, 1.54) is 5.56 Å². The molecule has 0 aliphatic carbocycles. The Balaban J connectivity index is 2.60. The van der Waals surface area contributed by atoms with Crippen LogP contribution < -0.4 is 10.5 Å². The maximum absolute atomic E-state index is 10.5. The fraction of sp³-hybridized carbons (Fsp3) is 0.500. The van der Waals surface area contributed by atoms with Gasteiger partial charge in [-0.05, 0) is 23.1 Å². The van der Waals surface area contributed by atoms with Gasteiger partial charge in [0.05, 0.1) is 6.42 Å². The van der Waals surface area contributed by atoms with Crippen molar-refractivity contribution in [1.82, 2.24) is 0 Å². The molecule has 0 saturated heterocycles. The highest BCUT2D eigenvalue weighted by Crippen LogP contribution is 2.25. The Hall–Kier alpha value is -1.55. The predicted octanol–water partition coefficient (Wildman–Crippen LogP) is 2.16. The van der Waals surface area contributed by atoms with E-state index in [2.05, 4.69) is 20.8 Å². The van der Waals surface area contributed by atoms with Crippen LogP contribution in [0.3, 0.4) is 0 Å². The first-order chi connectivity index (χ1) is 8.29. The van der Waals surface area contributed by atoms with Crippen LogP contribution in [-0.4, -0.2) is 23.7 Å². The molecule has 18 heavy (non-hydrogen) atoms. The summed E-state index contributed by atoms with van der Waals surface area (Å²) >= 11 is 0. The Morgan fingerprint density at radius 1 is 1.44 bits per heavy atom. The zero-order chi connectivity index (χ0) is 13.8. The fourth-order valence-electron chi connectivity index (χ4n) is 1.54. The maximum Gasteiger partial charge on any atom is 0.305 e. The third-order valence-corrected chi connectivity index (χ3v) is 2.60. The van der Waals surface area contributed by atoms with Crippen LogP contribution in [0.2, 0.25) is 0 Å². The van der Waals surface area contributed by atoms with Crippen LogP contribution in [0.25, 0.3) is 0 Å². The molecule has 0 fully saturated rings. The second-order valence-electron chi connectivity index (χ2n) is 5.45. The molecule has 0 bridgehead atoms. The van der Waals surface area contributed by atoms with Crippen LogP contribution in [0.15, 0.2) is 24.3 Å². The largest absolute Gasteiger partial charge is 0.492 e. The molecule has 1 rings (SSSR count). The van der Waals surface area contributed by atoms with Gasteiger partial charge in [0.25, 0.3) is 0 Å². The van der Waals surface area contributed by atoms with Crippen molar-refractivity contribution < 1.29 is 14.6 Å². The summed E-state index contributed by atoms with van der Waals surface area (Å²) in [4.78, 5) is 10.5. The number of hydrogen-bond acceptors (Lipinski definition) is 3. The van der Waals surface area contributed by atoms with Gasteiger partial charge in [-0.1, -0.05) is 32.9 Å². The molecule has 0 amide bonds. The van der Waals surface area contributed by atoms with E-state index in [1.54, 1.807) is 0 Å². The van der Waals surface area contributed by atoms with E-state index in [-0.39, 0.29) is 18.4 Å². The molecule has 0 aromatic heterocycles. The molecule has 0 aliphatic heterocycles. The Kier molecular flexibility index (Phi) is 4.73. The summed E-state index contributed by atoms with van der Waals surface area (Å²) in [5.74, 6) is -0.183. The average Bonchev–Trinajstić information content (AvgIpc) is 2.25. The fourth-order valence-corrected chi connectivity index (χ4v) is 1.54. The summed E-state index contributed by atoms with van der Waals surface area (Å²) in [6, 6.07) is 7.31. The van der Waals surface area contributed by atoms with Crippen LogP contribution in [0.5, 0.6) is 5.75 Å². The molecule has 1 atom stereocenters. The van der Waals surface area contributed by atoms with Gasteiger partial charge in [-0.15, -0.1) is 0 Å². The molecule has 0 heterocycles. The summed E-state index contributed by atoms with van der Waals surface area (Å²) in [5, 5.41) is 8.60. The monoisotopic (exact) mass is 251 g/mol. The number of carbonyl (C=O) groups is 1. The van der Waals surface area contributed by atoms with Gasteiger partial charge in [0.15, 0.2) is 0 Å². The van der Waals surface area contributed by atoms with Crippen LogP contribution in [0, 0.1) is 0 Å². The van der Waals surface area contributed by atoms with Crippen LogP contribution in [0.1, 0.15) is 32.8 Å². The maximum atomic E-state index is 10.5. The van der Waals surface area contributed by atoms with E-state index in [0.29, 0.717) is 0 Å². The van der Waals surface area contributed by atoms with Gasteiger partial charge in [-0.2, -0.15) is 0 Å². The lowest BCUT2D eigenvalue weighted by Gasteiger charge is -2.20. The summed E-state index contributed by atoms with van der Waals surface area (Å²) in [6.07, 6.45) is -0.0844. The first kappa shape index (κ1) is 14.5. The highest BCUT2D eigenvalue weighted by atomic mass is 16.5. The smallest absolute Gasteiger partial charge is 0.305 e. The highest BCUT2D eigenvalue weighted by Gasteiger charge is 2.14. The molecule has 1 aromatic carbocycles. The topological polar surface area (TPSA) is 72.5 Å². The number of carboxylic acid groups (broad SMARTS) is 1. The van der Waals surface area contributed by atoms with E-state index < -0.39 is 12.0 Å². The number of ether oxygens (including phenoxy) is 1. The lowest BCUT2D eigenvalue weighted by Crippen LogP contribution is -2.30. The Morgan fingerprint density at radius 2 is 2.11 bits per heavy atom. The van der Waals surface area contributed by atoms with E-state index in [4.69, 9.17) is 15.6 Å². The second kappa shape index (κ2) is 5.87. The predicted molar refractivity (Wildman–Crippen MR) is 70.9 cm³/mol. The third-order valence-electron chi connectivity index (χ3n) is 2.60. The van der Waals surface area contributed by atoms with Gasteiger partial charge >= 0.3 is 5.97 Å². The zero-order valence-corrected chi connectivity index (χ0v) is 11.1.